The van der Waals surface area contributed by atoms with Gasteiger partial charge < -0.3 is 20.5 Å². The monoisotopic (exact) mass is 372 g/mol. The van der Waals surface area contributed by atoms with Crippen LogP contribution in [0.15, 0.2) is 24.3 Å². The molecule has 2 fully saturated rings. The summed E-state index contributed by atoms with van der Waals surface area (Å²) in [6.45, 7) is 2.21. The number of hydrogen-bond donors (Lipinski definition) is 2. The fourth-order valence-corrected chi connectivity index (χ4v) is 4.31. The average molecular weight is 372 g/mol. The maximum absolute atomic E-state index is 12.6. The normalized spacial score (nSPS) is 25.2. The number of halogens is 3. The Balaban J connectivity index is 1.86. The third kappa shape index (κ3) is 4.90. The van der Waals surface area contributed by atoms with Gasteiger partial charge in [-0.05, 0) is 43.5 Å². The summed E-state index contributed by atoms with van der Waals surface area (Å²) in [6, 6.07) is 6.18. The zero-order valence-electron chi connectivity index (χ0n) is 14.8. The van der Waals surface area contributed by atoms with Crippen LogP contribution >= 0.6 is 0 Å². The molecule has 7 heteroatoms. The van der Waals surface area contributed by atoms with Gasteiger partial charge in [0.05, 0.1) is 5.60 Å². The molecule has 2 unspecified atom stereocenters. The van der Waals surface area contributed by atoms with E-state index in [2.05, 4.69) is 9.64 Å². The molecule has 26 heavy (non-hydrogen) atoms. The third-order valence-corrected chi connectivity index (χ3v) is 5.61. The van der Waals surface area contributed by atoms with Crippen LogP contribution < -0.4 is 10.5 Å². The molecule has 1 saturated carbocycles. The highest BCUT2D eigenvalue weighted by atomic mass is 19.4. The van der Waals surface area contributed by atoms with Crippen molar-refractivity contribution in [3.8, 4) is 5.75 Å². The third-order valence-electron chi connectivity index (χ3n) is 5.61. The molecule has 0 spiro atoms. The minimum Gasteiger partial charge on any atom is -0.406 e. The second-order valence-electron chi connectivity index (χ2n) is 7.65. The van der Waals surface area contributed by atoms with E-state index in [1.807, 2.05) is 0 Å². The molecule has 3 N–H and O–H groups in total. The van der Waals surface area contributed by atoms with Crippen LogP contribution in [0.25, 0.3) is 0 Å². The van der Waals surface area contributed by atoms with Crippen molar-refractivity contribution in [3.63, 3.8) is 0 Å². The fourth-order valence-electron chi connectivity index (χ4n) is 4.31. The first-order valence-corrected chi connectivity index (χ1v) is 9.31. The molecule has 3 rings (SSSR count). The summed E-state index contributed by atoms with van der Waals surface area (Å²) in [6.07, 6.45) is 0.473. The van der Waals surface area contributed by atoms with Crippen LogP contribution in [0, 0.1) is 0 Å². The van der Waals surface area contributed by atoms with Crippen LogP contribution in [0.5, 0.6) is 5.75 Å². The second-order valence-corrected chi connectivity index (χ2v) is 7.65. The van der Waals surface area contributed by atoms with E-state index < -0.39 is 12.0 Å². The minimum atomic E-state index is -4.72. The Morgan fingerprint density at radius 2 is 2.00 bits per heavy atom. The SMILES string of the molecule is NC1CCN(CC(c2cccc(OC(F)(F)F)c2)C2(O)CCCCC2)C1. The van der Waals surface area contributed by atoms with Crippen molar-refractivity contribution in [1.82, 2.24) is 4.90 Å². The van der Waals surface area contributed by atoms with Gasteiger partial charge >= 0.3 is 6.36 Å². The number of nitrogens with zero attached hydrogens (tertiary/aromatic N) is 1. The molecule has 1 aromatic carbocycles. The number of nitrogens with two attached hydrogens (primary N) is 1. The molecule has 2 aliphatic rings. The molecule has 4 nitrogen and oxygen atoms in total. The van der Waals surface area contributed by atoms with Crippen LogP contribution in [-0.2, 0) is 0 Å². The molecular formula is C19H27F3N2O2. The van der Waals surface area contributed by atoms with Gasteiger partial charge in [0.25, 0.3) is 0 Å². The predicted molar refractivity (Wildman–Crippen MR) is 92.9 cm³/mol. The number of likely N-dealkylation sites (tertiary alicyclic amines) is 1. The summed E-state index contributed by atoms with van der Waals surface area (Å²) in [5.41, 5.74) is 5.79. The van der Waals surface area contributed by atoms with Crippen LogP contribution in [0.2, 0.25) is 0 Å². The quantitative estimate of drug-likeness (QED) is 0.832. The van der Waals surface area contributed by atoms with Gasteiger partial charge in [-0.3, -0.25) is 0 Å². The van der Waals surface area contributed by atoms with Crippen molar-refractivity contribution in [3.05, 3.63) is 29.8 Å². The topological polar surface area (TPSA) is 58.7 Å². The maximum Gasteiger partial charge on any atom is 0.573 e. The maximum atomic E-state index is 12.6. The first-order valence-electron chi connectivity index (χ1n) is 9.31. The van der Waals surface area contributed by atoms with Crippen molar-refractivity contribution in [1.29, 1.82) is 0 Å². The number of benzene rings is 1. The molecule has 0 aromatic heterocycles. The van der Waals surface area contributed by atoms with Gasteiger partial charge in [0.1, 0.15) is 5.75 Å². The predicted octanol–water partition coefficient (Wildman–Crippen LogP) is 3.40. The Labute approximate surface area is 152 Å². The molecule has 0 bridgehead atoms. The van der Waals surface area contributed by atoms with Crippen molar-refractivity contribution in [2.75, 3.05) is 19.6 Å². The van der Waals surface area contributed by atoms with Gasteiger partial charge in [0, 0.05) is 25.0 Å². The van der Waals surface area contributed by atoms with E-state index in [4.69, 9.17) is 5.73 Å². The van der Waals surface area contributed by atoms with Gasteiger partial charge in [-0.25, -0.2) is 0 Å². The Hall–Kier alpha value is -1.31. The van der Waals surface area contributed by atoms with Crippen molar-refractivity contribution >= 4 is 0 Å². The number of hydrogen-bond acceptors (Lipinski definition) is 4. The number of rotatable bonds is 5. The number of ether oxygens (including phenoxy) is 1. The largest absolute Gasteiger partial charge is 0.573 e. The molecule has 2 atom stereocenters. The Morgan fingerprint density at radius 1 is 1.27 bits per heavy atom. The van der Waals surface area contributed by atoms with Crippen molar-refractivity contribution in [2.45, 2.75) is 62.4 Å². The molecular weight excluding hydrogens is 345 g/mol. The van der Waals surface area contributed by atoms with Gasteiger partial charge in [0.2, 0.25) is 0 Å². The Bertz CT molecular complexity index is 603. The van der Waals surface area contributed by atoms with E-state index in [9.17, 15) is 18.3 Å². The van der Waals surface area contributed by atoms with E-state index in [0.717, 1.165) is 38.8 Å². The average Bonchev–Trinajstić information content (AvgIpc) is 2.97. The summed E-state index contributed by atoms with van der Waals surface area (Å²) in [5.74, 6) is -0.498. The molecule has 1 heterocycles. The number of aliphatic hydroxyl groups is 1. The van der Waals surface area contributed by atoms with E-state index in [1.165, 1.54) is 12.1 Å². The summed E-state index contributed by atoms with van der Waals surface area (Å²) in [7, 11) is 0. The highest BCUT2D eigenvalue weighted by Crippen LogP contribution is 2.41. The zero-order chi connectivity index (χ0) is 18.8. The molecule has 0 amide bonds. The van der Waals surface area contributed by atoms with Crippen LogP contribution in [0.4, 0.5) is 13.2 Å². The molecule has 1 aliphatic heterocycles. The number of alkyl halides is 3. The van der Waals surface area contributed by atoms with Gasteiger partial charge in [-0.1, -0.05) is 31.4 Å². The highest BCUT2D eigenvalue weighted by Gasteiger charge is 2.40. The first-order chi connectivity index (χ1) is 12.3. The molecule has 1 aromatic rings. The lowest BCUT2D eigenvalue weighted by Gasteiger charge is -2.41. The fraction of sp³-hybridized carbons (Fsp3) is 0.684. The second kappa shape index (κ2) is 7.74. The standard InChI is InChI=1S/C19H27F3N2O2/c20-19(21,22)26-16-6-4-5-14(11-16)17(13-24-10-7-15(23)12-24)18(25)8-2-1-3-9-18/h4-6,11,15,17,25H,1-3,7-10,12-13,23H2. The summed E-state index contributed by atoms with van der Waals surface area (Å²) < 4.78 is 41.8. The van der Waals surface area contributed by atoms with Crippen molar-refractivity contribution in [2.24, 2.45) is 5.73 Å². The lowest BCUT2D eigenvalue weighted by atomic mass is 9.72. The Kier molecular flexibility index (Phi) is 5.79. The summed E-state index contributed by atoms with van der Waals surface area (Å²) >= 11 is 0. The van der Waals surface area contributed by atoms with Gasteiger partial charge in [0.15, 0.2) is 0 Å². The van der Waals surface area contributed by atoms with Gasteiger partial charge in [-0.2, -0.15) is 0 Å². The Morgan fingerprint density at radius 3 is 2.62 bits per heavy atom. The lowest BCUT2D eigenvalue weighted by molar-refractivity contribution is -0.274. The van der Waals surface area contributed by atoms with E-state index in [1.54, 1.807) is 12.1 Å². The minimum absolute atomic E-state index is 0.122. The van der Waals surface area contributed by atoms with E-state index >= 15 is 0 Å². The van der Waals surface area contributed by atoms with E-state index in [-0.39, 0.29) is 17.7 Å². The first kappa shape index (κ1) is 19.5. The van der Waals surface area contributed by atoms with Gasteiger partial charge in [-0.15, -0.1) is 13.2 Å². The molecule has 146 valence electrons. The zero-order valence-corrected chi connectivity index (χ0v) is 14.8. The van der Waals surface area contributed by atoms with Crippen LogP contribution in [-0.4, -0.2) is 47.6 Å². The van der Waals surface area contributed by atoms with Crippen LogP contribution in [0.3, 0.4) is 0 Å². The molecule has 0 radical (unpaired) electrons. The lowest BCUT2D eigenvalue weighted by Crippen LogP contribution is -2.44. The summed E-state index contributed by atoms with van der Waals surface area (Å²) in [4.78, 5) is 2.21. The van der Waals surface area contributed by atoms with E-state index in [0.29, 0.717) is 24.9 Å². The summed E-state index contributed by atoms with van der Waals surface area (Å²) in [5, 5.41) is 11.3. The van der Waals surface area contributed by atoms with Crippen LogP contribution in [0.1, 0.15) is 50.0 Å². The smallest absolute Gasteiger partial charge is 0.406 e. The van der Waals surface area contributed by atoms with Crippen molar-refractivity contribution < 1.29 is 23.0 Å². The molecule has 1 aliphatic carbocycles. The highest BCUT2D eigenvalue weighted by molar-refractivity contribution is 5.33. The molecule has 1 saturated heterocycles.